The lowest BCUT2D eigenvalue weighted by atomic mass is 10.2. The van der Waals surface area contributed by atoms with Crippen molar-refractivity contribution < 1.29 is 15.0 Å². The number of fused-ring (bicyclic) bond motifs is 2. The third-order valence-corrected chi connectivity index (χ3v) is 4.69. The van der Waals surface area contributed by atoms with Crippen molar-refractivity contribution >= 4 is 40.1 Å². The van der Waals surface area contributed by atoms with Gasteiger partial charge in [-0.3, -0.25) is 4.79 Å². The lowest BCUT2D eigenvalue weighted by Gasteiger charge is -2.07. The number of carbonyl (C=O) groups excluding carboxylic acids is 1. The Morgan fingerprint density at radius 3 is 2.55 bits per heavy atom. The molecule has 0 aliphatic rings. The van der Waals surface area contributed by atoms with E-state index in [2.05, 4.69) is 20.4 Å². The predicted molar refractivity (Wildman–Crippen MR) is 119 cm³/mol. The number of anilines is 1. The lowest BCUT2D eigenvalue weighted by molar-refractivity contribution is 0.0951. The van der Waals surface area contributed by atoms with E-state index in [4.69, 9.17) is 5.73 Å². The van der Waals surface area contributed by atoms with Gasteiger partial charge in [0, 0.05) is 6.54 Å². The van der Waals surface area contributed by atoms with Crippen LogP contribution in [0.25, 0.3) is 22.2 Å². The van der Waals surface area contributed by atoms with Crippen LogP contribution in [0.3, 0.4) is 0 Å². The monoisotopic (exact) mass is 418 g/mol. The maximum Gasteiger partial charge on any atom is 0.257 e. The molecular formula is C22H22N6O3. The summed E-state index contributed by atoms with van der Waals surface area (Å²) in [6.45, 7) is 4.48. The van der Waals surface area contributed by atoms with Crippen molar-refractivity contribution in [2.24, 2.45) is 11.0 Å². The first-order valence-electron chi connectivity index (χ1n) is 9.76. The van der Waals surface area contributed by atoms with Crippen molar-refractivity contribution in [3.8, 4) is 11.5 Å². The first-order valence-corrected chi connectivity index (χ1v) is 9.76. The molecule has 0 radical (unpaired) electrons. The number of aromatic nitrogens is 3. The van der Waals surface area contributed by atoms with E-state index in [-0.39, 0.29) is 34.7 Å². The molecule has 31 heavy (non-hydrogen) atoms. The van der Waals surface area contributed by atoms with Gasteiger partial charge in [-0.2, -0.15) is 9.78 Å². The number of nitrogens with two attached hydrogens (primary N) is 1. The van der Waals surface area contributed by atoms with Gasteiger partial charge in [-0.05, 0) is 41.8 Å². The fourth-order valence-corrected chi connectivity index (χ4v) is 3.12. The molecule has 2 heterocycles. The van der Waals surface area contributed by atoms with Gasteiger partial charge in [0.2, 0.25) is 0 Å². The molecule has 0 atom stereocenters. The summed E-state index contributed by atoms with van der Waals surface area (Å²) >= 11 is 0. The van der Waals surface area contributed by atoms with Crippen LogP contribution in [0.15, 0.2) is 47.6 Å². The first kappa shape index (κ1) is 20.1. The summed E-state index contributed by atoms with van der Waals surface area (Å²) in [5.74, 6) is -0.480. The molecule has 0 bridgehead atoms. The summed E-state index contributed by atoms with van der Waals surface area (Å²) in [5, 5.41) is 26.4. The number of hydrogen-bond acceptors (Lipinski definition) is 7. The SMILES string of the molecule is CC(C)CNC(=O)c1c(N)n(/N=C/c2ccc(O)c(O)c2)c2nc3ccccc3nc12. The van der Waals surface area contributed by atoms with Crippen LogP contribution in [0.4, 0.5) is 5.82 Å². The molecule has 9 nitrogen and oxygen atoms in total. The quantitative estimate of drug-likeness (QED) is 0.290. The molecule has 2 aromatic heterocycles. The Balaban J connectivity index is 1.87. The normalized spacial score (nSPS) is 11.7. The number of rotatable bonds is 5. The summed E-state index contributed by atoms with van der Waals surface area (Å²) in [6.07, 6.45) is 1.45. The summed E-state index contributed by atoms with van der Waals surface area (Å²) in [6, 6.07) is 11.6. The Bertz CT molecular complexity index is 1330. The Hall–Kier alpha value is -4.14. The van der Waals surface area contributed by atoms with Crippen LogP contribution in [0.2, 0.25) is 0 Å². The van der Waals surface area contributed by atoms with Crippen LogP contribution in [-0.4, -0.2) is 43.5 Å². The van der Waals surface area contributed by atoms with Gasteiger partial charge < -0.3 is 21.3 Å². The second-order valence-corrected chi connectivity index (χ2v) is 7.55. The molecule has 0 saturated carbocycles. The highest BCUT2D eigenvalue weighted by atomic mass is 16.3. The predicted octanol–water partition coefficient (Wildman–Crippen LogP) is 2.85. The zero-order valence-corrected chi connectivity index (χ0v) is 17.1. The van der Waals surface area contributed by atoms with E-state index in [0.29, 0.717) is 34.3 Å². The van der Waals surface area contributed by atoms with E-state index in [9.17, 15) is 15.0 Å². The molecule has 0 spiro atoms. The number of phenols is 2. The van der Waals surface area contributed by atoms with E-state index < -0.39 is 0 Å². The number of nitrogens with one attached hydrogen (secondary N) is 1. The van der Waals surface area contributed by atoms with Gasteiger partial charge in [-0.25, -0.2) is 9.97 Å². The van der Waals surface area contributed by atoms with Crippen molar-refractivity contribution in [1.82, 2.24) is 20.0 Å². The van der Waals surface area contributed by atoms with Gasteiger partial charge in [0.1, 0.15) is 16.9 Å². The van der Waals surface area contributed by atoms with Gasteiger partial charge in [0.15, 0.2) is 17.1 Å². The van der Waals surface area contributed by atoms with Gasteiger partial charge in [0.25, 0.3) is 5.91 Å². The molecule has 5 N–H and O–H groups in total. The van der Waals surface area contributed by atoms with Crippen LogP contribution in [0.1, 0.15) is 29.8 Å². The van der Waals surface area contributed by atoms with E-state index in [0.717, 1.165) is 0 Å². The number of carbonyl (C=O) groups is 1. The zero-order chi connectivity index (χ0) is 22.1. The van der Waals surface area contributed by atoms with Crippen LogP contribution >= 0.6 is 0 Å². The number of aromatic hydroxyl groups is 2. The van der Waals surface area contributed by atoms with Crippen molar-refractivity contribution in [1.29, 1.82) is 0 Å². The minimum Gasteiger partial charge on any atom is -0.504 e. The standard InChI is InChI=1S/C22H22N6O3/c1-12(2)10-24-22(31)18-19-21(27-15-6-4-3-5-14(15)26-19)28(20(18)23)25-11-13-7-8-16(29)17(30)9-13/h3-9,11-12,29-30H,10,23H2,1-2H3,(H,24,31)/b25-11+. The van der Waals surface area contributed by atoms with Crippen molar-refractivity contribution in [3.63, 3.8) is 0 Å². The fraction of sp³-hybridized carbons (Fsp3) is 0.182. The van der Waals surface area contributed by atoms with Crippen molar-refractivity contribution in [3.05, 3.63) is 53.6 Å². The highest BCUT2D eigenvalue weighted by molar-refractivity contribution is 6.10. The molecule has 158 valence electrons. The molecule has 1 amide bonds. The van der Waals surface area contributed by atoms with Gasteiger partial charge in [-0.15, -0.1) is 0 Å². The fourth-order valence-electron chi connectivity index (χ4n) is 3.12. The second-order valence-electron chi connectivity index (χ2n) is 7.55. The van der Waals surface area contributed by atoms with Crippen molar-refractivity contribution in [2.45, 2.75) is 13.8 Å². The molecule has 0 saturated heterocycles. The van der Waals surface area contributed by atoms with Gasteiger partial charge in [-0.1, -0.05) is 26.0 Å². The molecule has 4 rings (SSSR count). The summed E-state index contributed by atoms with van der Waals surface area (Å²) in [4.78, 5) is 22.1. The Morgan fingerprint density at radius 1 is 1.16 bits per heavy atom. The number of hydrogen-bond donors (Lipinski definition) is 4. The third-order valence-electron chi connectivity index (χ3n) is 4.69. The van der Waals surface area contributed by atoms with Crippen LogP contribution in [-0.2, 0) is 0 Å². The molecule has 4 aromatic rings. The number of amides is 1. The molecule has 0 unspecified atom stereocenters. The average Bonchev–Trinajstić information content (AvgIpc) is 3.01. The molecule has 0 aliphatic heterocycles. The van der Waals surface area contributed by atoms with E-state index >= 15 is 0 Å². The number of phenolic OH excluding ortho intramolecular Hbond substituents is 2. The molecule has 0 fully saturated rings. The number of benzene rings is 2. The highest BCUT2D eigenvalue weighted by Crippen LogP contribution is 2.28. The van der Waals surface area contributed by atoms with Gasteiger partial charge >= 0.3 is 0 Å². The zero-order valence-electron chi connectivity index (χ0n) is 17.1. The largest absolute Gasteiger partial charge is 0.504 e. The second kappa shape index (κ2) is 7.94. The summed E-state index contributed by atoms with van der Waals surface area (Å²) in [5.41, 5.74) is 9.02. The number of nitrogen functional groups attached to an aromatic ring is 1. The average molecular weight is 418 g/mol. The minimum atomic E-state index is -0.350. The molecular weight excluding hydrogens is 396 g/mol. The van der Waals surface area contributed by atoms with Crippen molar-refractivity contribution in [2.75, 3.05) is 12.3 Å². The van der Waals surface area contributed by atoms with Crippen LogP contribution in [0.5, 0.6) is 11.5 Å². The van der Waals surface area contributed by atoms with E-state index in [1.165, 1.54) is 23.0 Å². The van der Waals surface area contributed by atoms with E-state index in [1.807, 2.05) is 38.1 Å². The molecule has 9 heteroatoms. The summed E-state index contributed by atoms with van der Waals surface area (Å²) in [7, 11) is 0. The number of nitrogens with zero attached hydrogens (tertiary/aromatic N) is 4. The maximum atomic E-state index is 12.9. The number of para-hydroxylation sites is 2. The molecule has 0 aliphatic carbocycles. The molecule has 2 aromatic carbocycles. The Kier molecular flexibility index (Phi) is 5.16. The first-order chi connectivity index (χ1) is 14.8. The Labute approximate surface area is 177 Å². The highest BCUT2D eigenvalue weighted by Gasteiger charge is 2.24. The minimum absolute atomic E-state index is 0.103. The third kappa shape index (κ3) is 3.85. The smallest absolute Gasteiger partial charge is 0.257 e. The van der Waals surface area contributed by atoms with Crippen LogP contribution < -0.4 is 11.1 Å². The van der Waals surface area contributed by atoms with Crippen LogP contribution in [0, 0.1) is 5.92 Å². The summed E-state index contributed by atoms with van der Waals surface area (Å²) < 4.78 is 1.35. The van der Waals surface area contributed by atoms with E-state index in [1.54, 1.807) is 6.07 Å². The topological polar surface area (TPSA) is 139 Å². The lowest BCUT2D eigenvalue weighted by Crippen LogP contribution is -2.28. The Morgan fingerprint density at radius 2 is 1.87 bits per heavy atom. The van der Waals surface area contributed by atoms with Gasteiger partial charge in [0.05, 0.1) is 17.2 Å². The maximum absolute atomic E-state index is 12.9.